The van der Waals surface area contributed by atoms with Gasteiger partial charge in [0.05, 0.1) is 18.5 Å². The summed E-state index contributed by atoms with van der Waals surface area (Å²) in [5, 5.41) is 16.3. The zero-order valence-corrected chi connectivity index (χ0v) is 17.1. The molecule has 1 amide bonds. The normalized spacial score (nSPS) is 10.9. The summed E-state index contributed by atoms with van der Waals surface area (Å²) in [7, 11) is 0. The Morgan fingerprint density at radius 1 is 1.11 bits per heavy atom. The highest BCUT2D eigenvalue weighted by Crippen LogP contribution is 2.24. The summed E-state index contributed by atoms with van der Waals surface area (Å²) >= 11 is 4.60. The number of para-hydroxylation sites is 1. The van der Waals surface area contributed by atoms with Crippen molar-refractivity contribution in [1.82, 2.24) is 15.2 Å². The number of nitrogens with one attached hydrogen (secondary N) is 1. The van der Waals surface area contributed by atoms with Crippen LogP contribution in [-0.4, -0.2) is 21.1 Å². The van der Waals surface area contributed by atoms with Crippen molar-refractivity contribution in [3.05, 3.63) is 74.7 Å². The second-order valence-corrected chi connectivity index (χ2v) is 8.73. The third-order valence-electron chi connectivity index (χ3n) is 3.67. The minimum absolute atomic E-state index is 0.0742. The molecule has 9 heteroatoms. The minimum atomic E-state index is -0.0742. The summed E-state index contributed by atoms with van der Waals surface area (Å²) in [6.45, 7) is 0. The first-order valence-electron chi connectivity index (χ1n) is 8.50. The number of benzene rings is 1. The summed E-state index contributed by atoms with van der Waals surface area (Å²) in [5.74, 6) is 1.16. The Morgan fingerprint density at radius 2 is 2.00 bits per heavy atom. The number of thioether (sulfide) groups is 1. The number of rotatable bonds is 8. The van der Waals surface area contributed by atoms with Crippen LogP contribution in [0.25, 0.3) is 0 Å². The Balaban J connectivity index is 1.27. The van der Waals surface area contributed by atoms with Gasteiger partial charge in [0.15, 0.2) is 0 Å². The van der Waals surface area contributed by atoms with E-state index in [4.69, 9.17) is 4.42 Å². The maximum Gasteiger partial charge on any atom is 0.276 e. The van der Waals surface area contributed by atoms with Gasteiger partial charge in [-0.15, -0.1) is 32.9 Å². The lowest BCUT2D eigenvalue weighted by Crippen LogP contribution is -2.14. The molecule has 3 heterocycles. The second-order valence-electron chi connectivity index (χ2n) is 5.83. The van der Waals surface area contributed by atoms with E-state index in [1.165, 1.54) is 28.0 Å². The maximum absolute atomic E-state index is 12.1. The lowest BCUT2D eigenvalue weighted by atomic mass is 10.3. The molecule has 0 aliphatic heterocycles. The van der Waals surface area contributed by atoms with Crippen LogP contribution in [0.4, 0.5) is 5.69 Å². The van der Waals surface area contributed by atoms with Crippen molar-refractivity contribution in [2.24, 2.45) is 0 Å². The van der Waals surface area contributed by atoms with E-state index < -0.39 is 0 Å². The molecule has 0 saturated carbocycles. The van der Waals surface area contributed by atoms with Crippen molar-refractivity contribution >= 4 is 46.0 Å². The summed E-state index contributed by atoms with van der Waals surface area (Å²) in [6, 6.07) is 13.5. The van der Waals surface area contributed by atoms with Crippen LogP contribution < -0.4 is 5.32 Å². The Bertz CT molecular complexity index is 1030. The SMILES string of the molecule is O=C(Cc1nc(CSc2nnc(Cc3cccs3)o2)cs1)Nc1ccccc1. The summed E-state index contributed by atoms with van der Waals surface area (Å²) in [6.07, 6.45) is 0.915. The van der Waals surface area contributed by atoms with Crippen molar-refractivity contribution < 1.29 is 9.21 Å². The summed E-state index contributed by atoms with van der Waals surface area (Å²) < 4.78 is 5.68. The van der Waals surface area contributed by atoms with Crippen LogP contribution in [0.15, 0.2) is 62.9 Å². The predicted octanol–water partition coefficient (Wildman–Crippen LogP) is 4.65. The van der Waals surface area contributed by atoms with Gasteiger partial charge in [0.1, 0.15) is 5.01 Å². The molecule has 142 valence electrons. The van der Waals surface area contributed by atoms with E-state index in [0.29, 0.717) is 23.3 Å². The van der Waals surface area contributed by atoms with E-state index in [-0.39, 0.29) is 12.3 Å². The quantitative estimate of drug-likeness (QED) is 0.411. The Labute approximate surface area is 174 Å². The first-order chi connectivity index (χ1) is 13.7. The molecule has 1 aromatic carbocycles. The average Bonchev–Trinajstić information content (AvgIpc) is 3.44. The topological polar surface area (TPSA) is 80.9 Å². The summed E-state index contributed by atoms with van der Waals surface area (Å²) in [5.41, 5.74) is 1.69. The molecular weight excluding hydrogens is 412 g/mol. The molecule has 0 spiro atoms. The molecule has 28 heavy (non-hydrogen) atoms. The van der Waals surface area contributed by atoms with Crippen LogP contribution in [0.5, 0.6) is 0 Å². The fourth-order valence-electron chi connectivity index (χ4n) is 2.43. The number of amides is 1. The van der Waals surface area contributed by atoms with Crippen molar-refractivity contribution in [2.45, 2.75) is 23.8 Å². The number of carbonyl (C=O) groups is 1. The van der Waals surface area contributed by atoms with Crippen LogP contribution >= 0.6 is 34.4 Å². The van der Waals surface area contributed by atoms with Gasteiger partial charge in [-0.2, -0.15) is 0 Å². The fraction of sp³-hybridized carbons (Fsp3) is 0.158. The molecular formula is C19H16N4O2S3. The van der Waals surface area contributed by atoms with Crippen molar-refractivity contribution in [3.8, 4) is 0 Å². The molecule has 3 aromatic heterocycles. The molecule has 1 N–H and O–H groups in total. The molecule has 0 bridgehead atoms. The predicted molar refractivity (Wildman–Crippen MR) is 112 cm³/mol. The highest BCUT2D eigenvalue weighted by molar-refractivity contribution is 7.98. The highest BCUT2D eigenvalue weighted by Gasteiger charge is 2.11. The monoisotopic (exact) mass is 428 g/mol. The molecule has 0 fully saturated rings. The second kappa shape index (κ2) is 9.13. The Kier molecular flexibility index (Phi) is 6.15. The first kappa shape index (κ1) is 18.9. The van der Waals surface area contributed by atoms with E-state index in [1.54, 1.807) is 11.3 Å². The van der Waals surface area contributed by atoms with Crippen LogP contribution in [0.3, 0.4) is 0 Å². The van der Waals surface area contributed by atoms with Gasteiger partial charge in [-0.05, 0) is 23.6 Å². The number of thiophene rings is 1. The third-order valence-corrected chi connectivity index (χ3v) is 6.29. The number of carbonyl (C=O) groups excluding carboxylic acids is 1. The Hall–Kier alpha value is -2.49. The largest absolute Gasteiger partial charge is 0.416 e. The number of thiazole rings is 1. The zero-order valence-electron chi connectivity index (χ0n) is 14.7. The van der Waals surface area contributed by atoms with E-state index in [9.17, 15) is 4.79 Å². The van der Waals surface area contributed by atoms with Gasteiger partial charge in [0.2, 0.25) is 11.8 Å². The van der Waals surface area contributed by atoms with Gasteiger partial charge in [-0.1, -0.05) is 36.0 Å². The lowest BCUT2D eigenvalue weighted by Gasteiger charge is -2.02. The number of nitrogens with zero attached hydrogens (tertiary/aromatic N) is 3. The first-order valence-corrected chi connectivity index (χ1v) is 11.2. The smallest absolute Gasteiger partial charge is 0.276 e. The van der Waals surface area contributed by atoms with Gasteiger partial charge < -0.3 is 9.73 Å². The standard InChI is InChI=1S/C19H16N4O2S3/c24-16(20-13-5-2-1-3-6-13)10-18-21-14(11-27-18)12-28-19-23-22-17(25-19)9-15-7-4-8-26-15/h1-8,11H,9-10,12H2,(H,20,24). The molecule has 0 radical (unpaired) electrons. The van der Waals surface area contributed by atoms with Crippen LogP contribution in [-0.2, 0) is 23.4 Å². The van der Waals surface area contributed by atoms with Gasteiger partial charge >= 0.3 is 0 Å². The highest BCUT2D eigenvalue weighted by atomic mass is 32.2. The van der Waals surface area contributed by atoms with Gasteiger partial charge in [0.25, 0.3) is 5.22 Å². The van der Waals surface area contributed by atoms with Gasteiger partial charge in [0, 0.05) is 21.7 Å². The molecule has 0 saturated heterocycles. The van der Waals surface area contributed by atoms with E-state index in [2.05, 4.69) is 20.5 Å². The average molecular weight is 429 g/mol. The molecule has 0 aliphatic carbocycles. The van der Waals surface area contributed by atoms with Crippen molar-refractivity contribution in [1.29, 1.82) is 0 Å². The number of aromatic nitrogens is 3. The van der Waals surface area contributed by atoms with Gasteiger partial charge in [-0.3, -0.25) is 4.79 Å². The lowest BCUT2D eigenvalue weighted by molar-refractivity contribution is -0.115. The third kappa shape index (κ3) is 5.28. The molecule has 0 atom stereocenters. The molecule has 0 unspecified atom stereocenters. The van der Waals surface area contributed by atoms with E-state index in [0.717, 1.165) is 16.4 Å². The molecule has 6 nitrogen and oxygen atoms in total. The zero-order chi connectivity index (χ0) is 19.2. The molecule has 0 aliphatic rings. The minimum Gasteiger partial charge on any atom is -0.416 e. The van der Waals surface area contributed by atoms with Crippen LogP contribution in [0.2, 0.25) is 0 Å². The number of anilines is 1. The van der Waals surface area contributed by atoms with Crippen molar-refractivity contribution in [3.63, 3.8) is 0 Å². The maximum atomic E-state index is 12.1. The number of hydrogen-bond acceptors (Lipinski definition) is 8. The van der Waals surface area contributed by atoms with E-state index >= 15 is 0 Å². The Morgan fingerprint density at radius 3 is 2.82 bits per heavy atom. The molecule has 4 rings (SSSR count). The summed E-state index contributed by atoms with van der Waals surface area (Å²) in [4.78, 5) is 17.8. The fourth-order valence-corrected chi connectivity index (χ4v) is 4.69. The van der Waals surface area contributed by atoms with Crippen LogP contribution in [0, 0.1) is 0 Å². The van der Waals surface area contributed by atoms with Gasteiger partial charge in [-0.25, -0.2) is 4.98 Å². The molecule has 4 aromatic rings. The van der Waals surface area contributed by atoms with Crippen molar-refractivity contribution in [2.75, 3.05) is 5.32 Å². The van der Waals surface area contributed by atoms with E-state index in [1.807, 2.05) is 53.2 Å². The number of hydrogen-bond donors (Lipinski definition) is 1. The van der Waals surface area contributed by atoms with Crippen LogP contribution in [0.1, 0.15) is 21.5 Å².